The number of urea groups is 1. The molecule has 0 saturated heterocycles. The highest BCUT2D eigenvalue weighted by molar-refractivity contribution is 5.89. The van der Waals surface area contributed by atoms with Gasteiger partial charge in [0.25, 0.3) is 0 Å². The van der Waals surface area contributed by atoms with Crippen LogP contribution in [0.25, 0.3) is 0 Å². The van der Waals surface area contributed by atoms with Gasteiger partial charge in [-0.05, 0) is 38.0 Å². The second-order valence-corrected chi connectivity index (χ2v) is 5.06. The van der Waals surface area contributed by atoms with Crippen LogP contribution in [0.2, 0.25) is 0 Å². The van der Waals surface area contributed by atoms with Crippen molar-refractivity contribution in [2.75, 3.05) is 18.5 Å². The Bertz CT molecular complexity index is 471. The molecule has 0 spiro atoms. The molecule has 1 aromatic rings. The summed E-state index contributed by atoms with van der Waals surface area (Å²) in [5.41, 5.74) is 1.30. The van der Waals surface area contributed by atoms with Crippen LogP contribution in [0.3, 0.4) is 0 Å². The number of aliphatic carboxylic acids is 1. The lowest BCUT2D eigenvalue weighted by atomic mass is 10.1. The molecule has 21 heavy (non-hydrogen) atoms. The van der Waals surface area contributed by atoms with Gasteiger partial charge < -0.3 is 20.4 Å². The van der Waals surface area contributed by atoms with Gasteiger partial charge in [0, 0.05) is 24.9 Å². The van der Waals surface area contributed by atoms with E-state index in [0.29, 0.717) is 24.2 Å². The minimum absolute atomic E-state index is 0.0304. The third-order valence-electron chi connectivity index (χ3n) is 3.00. The van der Waals surface area contributed by atoms with Gasteiger partial charge in [-0.1, -0.05) is 12.1 Å². The summed E-state index contributed by atoms with van der Waals surface area (Å²) < 4.78 is 0. The van der Waals surface area contributed by atoms with Crippen LogP contribution in [0.15, 0.2) is 24.3 Å². The lowest BCUT2D eigenvalue weighted by Crippen LogP contribution is -2.40. The van der Waals surface area contributed by atoms with Crippen LogP contribution in [-0.4, -0.2) is 46.3 Å². The molecule has 0 heterocycles. The Kier molecular flexibility index (Phi) is 6.68. The van der Waals surface area contributed by atoms with E-state index >= 15 is 0 Å². The lowest BCUT2D eigenvalue weighted by molar-refractivity contribution is -0.136. The number of aliphatic hydroxyl groups is 1. The lowest BCUT2D eigenvalue weighted by Gasteiger charge is -2.26. The van der Waals surface area contributed by atoms with E-state index in [9.17, 15) is 9.59 Å². The van der Waals surface area contributed by atoms with Crippen molar-refractivity contribution >= 4 is 17.7 Å². The number of hydrogen-bond acceptors (Lipinski definition) is 3. The van der Waals surface area contributed by atoms with Crippen molar-refractivity contribution in [1.82, 2.24) is 4.90 Å². The molecule has 0 atom stereocenters. The molecule has 3 N–H and O–H groups in total. The Hall–Kier alpha value is -2.08. The summed E-state index contributed by atoms with van der Waals surface area (Å²) in [7, 11) is 0. The fourth-order valence-corrected chi connectivity index (χ4v) is 1.91. The standard InChI is InChI=1S/C15H22N2O4/c1-11(2)17(8-3-9-18)15(21)16-13-6-4-12(5-7-13)10-14(19)20/h4-7,11,18H,3,8-10H2,1-2H3,(H,16,21)(H,19,20). The fraction of sp³-hybridized carbons (Fsp3) is 0.467. The molecule has 0 radical (unpaired) electrons. The zero-order chi connectivity index (χ0) is 15.8. The summed E-state index contributed by atoms with van der Waals surface area (Å²) in [6.07, 6.45) is 0.492. The van der Waals surface area contributed by atoms with Crippen molar-refractivity contribution in [2.24, 2.45) is 0 Å². The molecule has 1 rings (SSSR count). The third kappa shape index (κ3) is 5.83. The summed E-state index contributed by atoms with van der Waals surface area (Å²) in [5.74, 6) is -0.887. The van der Waals surface area contributed by atoms with E-state index in [1.165, 1.54) is 0 Å². The number of nitrogens with one attached hydrogen (secondary N) is 1. The molecule has 2 amide bonds. The van der Waals surface area contributed by atoms with Crippen LogP contribution in [0.4, 0.5) is 10.5 Å². The van der Waals surface area contributed by atoms with E-state index in [4.69, 9.17) is 10.2 Å². The SMILES string of the molecule is CC(C)N(CCCO)C(=O)Nc1ccc(CC(=O)O)cc1. The number of anilines is 1. The maximum absolute atomic E-state index is 12.2. The van der Waals surface area contributed by atoms with Gasteiger partial charge in [-0.15, -0.1) is 0 Å². The number of nitrogens with zero attached hydrogens (tertiary/aromatic N) is 1. The van der Waals surface area contributed by atoms with Crippen molar-refractivity contribution in [1.29, 1.82) is 0 Å². The summed E-state index contributed by atoms with van der Waals surface area (Å²) in [4.78, 5) is 24.4. The van der Waals surface area contributed by atoms with Crippen molar-refractivity contribution < 1.29 is 19.8 Å². The highest BCUT2D eigenvalue weighted by Crippen LogP contribution is 2.12. The van der Waals surface area contributed by atoms with Crippen molar-refractivity contribution in [3.8, 4) is 0 Å². The topological polar surface area (TPSA) is 89.9 Å². The maximum atomic E-state index is 12.2. The molecule has 1 aromatic carbocycles. The normalized spacial score (nSPS) is 10.5. The zero-order valence-corrected chi connectivity index (χ0v) is 12.4. The molecular formula is C15H22N2O4. The number of hydrogen-bond donors (Lipinski definition) is 3. The second-order valence-electron chi connectivity index (χ2n) is 5.06. The van der Waals surface area contributed by atoms with Crippen molar-refractivity contribution in [3.63, 3.8) is 0 Å². The van der Waals surface area contributed by atoms with Crippen LogP contribution in [0, 0.1) is 0 Å². The van der Waals surface area contributed by atoms with Gasteiger partial charge in [0.1, 0.15) is 0 Å². The first-order valence-corrected chi connectivity index (χ1v) is 6.93. The minimum atomic E-state index is -0.887. The minimum Gasteiger partial charge on any atom is -0.481 e. The molecule has 116 valence electrons. The number of carboxylic acids is 1. The molecule has 0 aromatic heterocycles. The molecule has 0 fully saturated rings. The molecular weight excluding hydrogens is 272 g/mol. The average Bonchev–Trinajstić information content (AvgIpc) is 2.40. The molecule has 6 heteroatoms. The van der Waals surface area contributed by atoms with E-state index in [2.05, 4.69) is 5.32 Å². The number of carbonyl (C=O) groups excluding carboxylic acids is 1. The van der Waals surface area contributed by atoms with Gasteiger partial charge in [0.2, 0.25) is 0 Å². The third-order valence-corrected chi connectivity index (χ3v) is 3.00. The van der Waals surface area contributed by atoms with E-state index in [1.54, 1.807) is 29.2 Å². The average molecular weight is 294 g/mol. The highest BCUT2D eigenvalue weighted by Gasteiger charge is 2.16. The van der Waals surface area contributed by atoms with Crippen LogP contribution < -0.4 is 5.32 Å². The van der Waals surface area contributed by atoms with E-state index in [0.717, 1.165) is 0 Å². The molecule has 0 aliphatic carbocycles. The first-order valence-electron chi connectivity index (χ1n) is 6.93. The first-order chi connectivity index (χ1) is 9.93. The van der Waals surface area contributed by atoms with Gasteiger partial charge >= 0.3 is 12.0 Å². The summed E-state index contributed by atoms with van der Waals surface area (Å²) in [6, 6.07) is 6.52. The number of carbonyl (C=O) groups is 2. The molecule has 0 aliphatic rings. The highest BCUT2D eigenvalue weighted by atomic mass is 16.4. The van der Waals surface area contributed by atoms with Gasteiger partial charge in [-0.3, -0.25) is 4.79 Å². The van der Waals surface area contributed by atoms with E-state index in [1.807, 2.05) is 13.8 Å². The molecule has 6 nitrogen and oxygen atoms in total. The number of aliphatic hydroxyl groups excluding tert-OH is 1. The van der Waals surface area contributed by atoms with Crippen LogP contribution >= 0.6 is 0 Å². The van der Waals surface area contributed by atoms with Crippen LogP contribution in [0.5, 0.6) is 0 Å². The predicted molar refractivity (Wildman–Crippen MR) is 80.3 cm³/mol. The van der Waals surface area contributed by atoms with Crippen LogP contribution in [-0.2, 0) is 11.2 Å². The Balaban J connectivity index is 2.65. The second kappa shape index (κ2) is 8.26. The van der Waals surface area contributed by atoms with Crippen LogP contribution in [0.1, 0.15) is 25.8 Å². The van der Waals surface area contributed by atoms with Crippen molar-refractivity contribution in [2.45, 2.75) is 32.7 Å². The Morgan fingerprint density at radius 2 is 1.86 bits per heavy atom. The summed E-state index contributed by atoms with van der Waals surface area (Å²) in [6.45, 7) is 4.34. The summed E-state index contributed by atoms with van der Waals surface area (Å²) >= 11 is 0. The fourth-order valence-electron chi connectivity index (χ4n) is 1.91. The molecule has 0 saturated carbocycles. The first kappa shape index (κ1) is 17.0. The Labute approximate surface area is 124 Å². The van der Waals surface area contributed by atoms with Gasteiger partial charge in [-0.2, -0.15) is 0 Å². The smallest absolute Gasteiger partial charge is 0.322 e. The van der Waals surface area contributed by atoms with E-state index in [-0.39, 0.29) is 25.1 Å². The maximum Gasteiger partial charge on any atom is 0.322 e. The van der Waals surface area contributed by atoms with E-state index < -0.39 is 5.97 Å². The molecule has 0 unspecified atom stereocenters. The number of benzene rings is 1. The number of rotatable bonds is 7. The van der Waals surface area contributed by atoms with Gasteiger partial charge in [-0.25, -0.2) is 4.79 Å². The number of amides is 2. The Morgan fingerprint density at radius 1 is 1.24 bits per heavy atom. The van der Waals surface area contributed by atoms with Crippen molar-refractivity contribution in [3.05, 3.63) is 29.8 Å². The zero-order valence-electron chi connectivity index (χ0n) is 12.4. The quantitative estimate of drug-likeness (QED) is 0.717. The van der Waals surface area contributed by atoms with Gasteiger partial charge in [0.15, 0.2) is 0 Å². The largest absolute Gasteiger partial charge is 0.481 e. The number of carboxylic acid groups (broad SMARTS) is 1. The summed E-state index contributed by atoms with van der Waals surface area (Å²) in [5, 5.41) is 20.3. The molecule has 0 bridgehead atoms. The van der Waals surface area contributed by atoms with Gasteiger partial charge in [0.05, 0.1) is 6.42 Å². The monoisotopic (exact) mass is 294 g/mol. The molecule has 0 aliphatic heterocycles. The Morgan fingerprint density at radius 3 is 2.33 bits per heavy atom. The predicted octanol–water partition coefficient (Wildman–Crippen LogP) is 1.94.